The van der Waals surface area contributed by atoms with Crippen LogP contribution in [-0.4, -0.2) is 66.3 Å². The maximum absolute atomic E-state index is 13.1. The Bertz CT molecular complexity index is 1070. The lowest BCUT2D eigenvalue weighted by molar-refractivity contribution is 0.0730. The SMILES string of the molecule is COc1cc(NC(=O)c2cc(S(=O)(=O)N3CCOCC3)ccc2OC)c(OC)cc1Cl. The molecular weight excluding hydrogens is 448 g/mol. The van der Waals surface area contributed by atoms with Gasteiger partial charge in [-0.05, 0) is 18.2 Å². The van der Waals surface area contributed by atoms with Crippen molar-refractivity contribution >= 4 is 33.2 Å². The van der Waals surface area contributed by atoms with Crippen LogP contribution < -0.4 is 19.5 Å². The molecule has 2 aromatic rings. The molecule has 1 fully saturated rings. The van der Waals surface area contributed by atoms with Crippen LogP contribution in [-0.2, 0) is 14.8 Å². The molecule has 1 N–H and O–H groups in total. The first-order valence-corrected chi connectivity index (χ1v) is 11.1. The summed E-state index contributed by atoms with van der Waals surface area (Å²) in [7, 11) is 0.489. The zero-order chi connectivity index (χ0) is 22.6. The average molecular weight is 471 g/mol. The van der Waals surface area contributed by atoms with Crippen LogP contribution in [0.4, 0.5) is 5.69 Å². The van der Waals surface area contributed by atoms with Gasteiger partial charge in [0.05, 0.1) is 55.7 Å². The van der Waals surface area contributed by atoms with Gasteiger partial charge in [-0.2, -0.15) is 4.31 Å². The quantitative estimate of drug-likeness (QED) is 0.663. The summed E-state index contributed by atoms with van der Waals surface area (Å²) in [6, 6.07) is 7.17. The van der Waals surface area contributed by atoms with Gasteiger partial charge in [-0.3, -0.25) is 4.79 Å². The first-order chi connectivity index (χ1) is 14.8. The molecule has 0 saturated carbocycles. The molecule has 2 aromatic carbocycles. The number of carbonyl (C=O) groups excluding carboxylic acids is 1. The average Bonchev–Trinajstić information content (AvgIpc) is 2.79. The lowest BCUT2D eigenvalue weighted by Gasteiger charge is -2.26. The largest absolute Gasteiger partial charge is 0.496 e. The molecule has 0 unspecified atom stereocenters. The van der Waals surface area contributed by atoms with Crippen LogP contribution in [0.3, 0.4) is 0 Å². The number of nitrogens with zero attached hydrogens (tertiary/aromatic N) is 1. The second-order valence-electron chi connectivity index (χ2n) is 6.52. The molecule has 0 aliphatic carbocycles. The Labute approximate surface area is 185 Å². The zero-order valence-electron chi connectivity index (χ0n) is 17.3. The fraction of sp³-hybridized carbons (Fsp3) is 0.350. The van der Waals surface area contributed by atoms with Gasteiger partial charge in [0, 0.05) is 25.2 Å². The van der Waals surface area contributed by atoms with E-state index in [1.54, 1.807) is 0 Å². The number of amides is 1. The van der Waals surface area contributed by atoms with E-state index in [1.807, 2.05) is 0 Å². The lowest BCUT2D eigenvalue weighted by Crippen LogP contribution is -2.40. The van der Waals surface area contributed by atoms with Crippen LogP contribution >= 0.6 is 11.6 Å². The van der Waals surface area contributed by atoms with Crippen molar-refractivity contribution in [2.45, 2.75) is 4.90 Å². The summed E-state index contributed by atoms with van der Waals surface area (Å²) in [5.74, 6) is 0.292. The van der Waals surface area contributed by atoms with Crippen molar-refractivity contribution in [1.29, 1.82) is 0 Å². The van der Waals surface area contributed by atoms with Crippen LogP contribution in [0, 0.1) is 0 Å². The summed E-state index contributed by atoms with van der Waals surface area (Å²) < 4.78 is 48.3. The molecule has 168 valence electrons. The van der Waals surface area contributed by atoms with E-state index in [4.69, 9.17) is 30.5 Å². The Morgan fingerprint density at radius 3 is 2.26 bits per heavy atom. The van der Waals surface area contributed by atoms with Gasteiger partial charge in [-0.25, -0.2) is 8.42 Å². The van der Waals surface area contributed by atoms with E-state index in [1.165, 1.54) is 56.0 Å². The van der Waals surface area contributed by atoms with E-state index in [0.29, 0.717) is 35.4 Å². The number of sulfonamides is 1. The number of morpholine rings is 1. The minimum Gasteiger partial charge on any atom is -0.496 e. The molecule has 1 aliphatic heterocycles. The molecule has 1 heterocycles. The molecule has 0 bridgehead atoms. The van der Waals surface area contributed by atoms with Crippen LogP contribution in [0.25, 0.3) is 0 Å². The molecule has 0 spiro atoms. The highest BCUT2D eigenvalue weighted by Crippen LogP contribution is 2.36. The Hall–Kier alpha value is -2.53. The lowest BCUT2D eigenvalue weighted by atomic mass is 10.1. The summed E-state index contributed by atoms with van der Waals surface area (Å²) in [6.45, 7) is 1.14. The fourth-order valence-corrected chi connectivity index (χ4v) is 4.77. The highest BCUT2D eigenvalue weighted by atomic mass is 35.5. The standard InChI is InChI=1S/C20H23ClN2O7S/c1-27-17-5-4-13(31(25,26)23-6-8-30-9-7-23)10-14(17)20(24)22-16-12-18(28-2)15(21)11-19(16)29-3/h4-5,10-12H,6-9H2,1-3H3,(H,22,24). The van der Waals surface area contributed by atoms with Gasteiger partial charge < -0.3 is 24.3 Å². The maximum Gasteiger partial charge on any atom is 0.259 e. The van der Waals surface area contributed by atoms with E-state index >= 15 is 0 Å². The van der Waals surface area contributed by atoms with Gasteiger partial charge in [-0.15, -0.1) is 0 Å². The number of hydrogen-bond donors (Lipinski definition) is 1. The minimum absolute atomic E-state index is 0.0130. The first-order valence-electron chi connectivity index (χ1n) is 9.30. The summed E-state index contributed by atoms with van der Waals surface area (Å²) in [4.78, 5) is 13.0. The number of ether oxygens (including phenoxy) is 4. The van der Waals surface area contributed by atoms with Gasteiger partial charge in [-0.1, -0.05) is 11.6 Å². The number of nitrogens with one attached hydrogen (secondary N) is 1. The Balaban J connectivity index is 1.97. The number of halogens is 1. The molecule has 0 aromatic heterocycles. The van der Waals surface area contributed by atoms with Crippen LogP contribution in [0.5, 0.6) is 17.2 Å². The van der Waals surface area contributed by atoms with Gasteiger partial charge in [0.25, 0.3) is 5.91 Å². The van der Waals surface area contributed by atoms with Crippen molar-refractivity contribution in [3.8, 4) is 17.2 Å². The summed E-state index contributed by atoms with van der Waals surface area (Å²) in [5, 5.41) is 3.02. The molecule has 1 saturated heterocycles. The maximum atomic E-state index is 13.1. The van der Waals surface area contributed by atoms with E-state index in [0.717, 1.165) is 0 Å². The molecule has 0 atom stereocenters. The Morgan fingerprint density at radius 2 is 1.65 bits per heavy atom. The third kappa shape index (κ3) is 4.87. The number of rotatable bonds is 7. The summed E-state index contributed by atoms with van der Waals surface area (Å²) in [6.07, 6.45) is 0. The van der Waals surface area contributed by atoms with Crippen LogP contribution in [0.15, 0.2) is 35.2 Å². The van der Waals surface area contributed by atoms with Crippen molar-refractivity contribution < 1.29 is 32.2 Å². The summed E-state index contributed by atoms with van der Waals surface area (Å²) >= 11 is 6.11. The smallest absolute Gasteiger partial charge is 0.259 e. The molecule has 31 heavy (non-hydrogen) atoms. The van der Waals surface area contributed by atoms with E-state index in [9.17, 15) is 13.2 Å². The van der Waals surface area contributed by atoms with E-state index in [2.05, 4.69) is 5.32 Å². The zero-order valence-corrected chi connectivity index (χ0v) is 18.9. The Kier molecular flexibility index (Phi) is 7.26. The summed E-state index contributed by atoms with van der Waals surface area (Å²) in [5.41, 5.74) is 0.352. The van der Waals surface area contributed by atoms with Gasteiger partial charge in [0.1, 0.15) is 17.2 Å². The van der Waals surface area contributed by atoms with E-state index < -0.39 is 15.9 Å². The van der Waals surface area contributed by atoms with Crippen molar-refractivity contribution in [3.63, 3.8) is 0 Å². The highest BCUT2D eigenvalue weighted by molar-refractivity contribution is 7.89. The molecule has 1 aliphatic rings. The van der Waals surface area contributed by atoms with Crippen molar-refractivity contribution in [2.24, 2.45) is 0 Å². The van der Waals surface area contributed by atoms with E-state index in [-0.39, 0.29) is 29.3 Å². The highest BCUT2D eigenvalue weighted by Gasteiger charge is 2.28. The molecular formula is C20H23ClN2O7S. The second kappa shape index (κ2) is 9.73. The predicted molar refractivity (Wildman–Crippen MR) is 115 cm³/mol. The third-order valence-electron chi connectivity index (χ3n) is 4.75. The van der Waals surface area contributed by atoms with Crippen molar-refractivity contribution in [3.05, 3.63) is 40.9 Å². The Morgan fingerprint density at radius 1 is 1.00 bits per heavy atom. The fourth-order valence-electron chi connectivity index (χ4n) is 3.11. The molecule has 9 nitrogen and oxygen atoms in total. The molecule has 11 heteroatoms. The number of anilines is 1. The van der Waals surface area contributed by atoms with Gasteiger partial charge in [0.2, 0.25) is 10.0 Å². The molecule has 3 rings (SSSR count). The normalized spacial score (nSPS) is 14.7. The second-order valence-corrected chi connectivity index (χ2v) is 8.86. The number of methoxy groups -OCH3 is 3. The number of carbonyl (C=O) groups is 1. The molecule has 0 radical (unpaired) electrons. The monoisotopic (exact) mass is 470 g/mol. The molecule has 1 amide bonds. The topological polar surface area (TPSA) is 103 Å². The van der Waals surface area contributed by atoms with Crippen LogP contribution in [0.1, 0.15) is 10.4 Å². The van der Waals surface area contributed by atoms with Crippen molar-refractivity contribution in [1.82, 2.24) is 4.31 Å². The number of benzene rings is 2. The van der Waals surface area contributed by atoms with Crippen molar-refractivity contribution in [2.75, 3.05) is 52.9 Å². The third-order valence-corrected chi connectivity index (χ3v) is 6.94. The minimum atomic E-state index is -3.79. The van der Waals surface area contributed by atoms with Crippen LogP contribution in [0.2, 0.25) is 5.02 Å². The predicted octanol–water partition coefficient (Wildman–Crippen LogP) is 2.64. The first kappa shape index (κ1) is 23.1. The number of hydrogen-bond acceptors (Lipinski definition) is 7. The van der Waals surface area contributed by atoms with Gasteiger partial charge >= 0.3 is 0 Å². The van der Waals surface area contributed by atoms with Gasteiger partial charge in [0.15, 0.2) is 0 Å².